The summed E-state index contributed by atoms with van der Waals surface area (Å²) in [5.41, 5.74) is 2.88. The van der Waals surface area contributed by atoms with E-state index >= 15 is 0 Å². The largest absolute Gasteiger partial charge is 0.497 e. The maximum absolute atomic E-state index is 6.78. The lowest BCUT2D eigenvalue weighted by molar-refractivity contribution is 0.126. The van der Waals surface area contributed by atoms with Crippen molar-refractivity contribution in [1.29, 1.82) is 0 Å². The standard InChI is InChI=1S/C24H40O3Si/c1-9-23(27-28(19(2)3,20(4)5)21(6)7)12-10-11-17-26-18-22-13-15-24(25-8)16-14-22/h13-16,19-21,23H,9,11,17-18H2,1-8H3. The van der Waals surface area contributed by atoms with Crippen molar-refractivity contribution in [2.24, 2.45) is 0 Å². The average Bonchev–Trinajstić information content (AvgIpc) is 2.66. The summed E-state index contributed by atoms with van der Waals surface area (Å²) in [5, 5.41) is 0. The van der Waals surface area contributed by atoms with Crippen molar-refractivity contribution >= 4 is 8.32 Å². The molecule has 1 aromatic carbocycles. The van der Waals surface area contributed by atoms with Gasteiger partial charge >= 0.3 is 0 Å². The molecule has 0 amide bonds. The molecule has 0 saturated carbocycles. The van der Waals surface area contributed by atoms with E-state index in [1.54, 1.807) is 7.11 Å². The second-order valence-electron chi connectivity index (χ2n) is 8.30. The van der Waals surface area contributed by atoms with Gasteiger partial charge in [-0.15, -0.1) is 0 Å². The third-order valence-electron chi connectivity index (χ3n) is 5.49. The van der Waals surface area contributed by atoms with Crippen LogP contribution in [0.4, 0.5) is 0 Å². The maximum Gasteiger partial charge on any atom is 0.202 e. The minimum atomic E-state index is -1.88. The summed E-state index contributed by atoms with van der Waals surface area (Å²) >= 11 is 0. The third kappa shape index (κ3) is 6.95. The Balaban J connectivity index is 2.55. The van der Waals surface area contributed by atoms with E-state index in [9.17, 15) is 0 Å². The lowest BCUT2D eigenvalue weighted by Crippen LogP contribution is -2.49. The zero-order chi connectivity index (χ0) is 21.2. The van der Waals surface area contributed by atoms with Crippen LogP contribution in [0, 0.1) is 11.8 Å². The quantitative estimate of drug-likeness (QED) is 0.237. The summed E-state index contributed by atoms with van der Waals surface area (Å²) in [5.74, 6) is 7.52. The summed E-state index contributed by atoms with van der Waals surface area (Å²) in [6, 6.07) is 7.96. The van der Waals surface area contributed by atoms with E-state index in [1.165, 1.54) is 0 Å². The van der Waals surface area contributed by atoms with Gasteiger partial charge in [-0.3, -0.25) is 0 Å². The Bertz CT molecular complexity index is 589. The van der Waals surface area contributed by atoms with Crippen LogP contribution >= 0.6 is 0 Å². The molecule has 1 rings (SSSR count). The second kappa shape index (κ2) is 12.3. The molecule has 0 saturated heterocycles. The number of benzene rings is 1. The first-order valence-corrected chi connectivity index (χ1v) is 12.8. The lowest BCUT2D eigenvalue weighted by atomic mass is 10.2. The van der Waals surface area contributed by atoms with Crippen LogP contribution in [-0.4, -0.2) is 28.1 Å². The predicted molar refractivity (Wildman–Crippen MR) is 121 cm³/mol. The molecule has 1 aromatic rings. The molecular weight excluding hydrogens is 364 g/mol. The lowest BCUT2D eigenvalue weighted by Gasteiger charge is -2.43. The van der Waals surface area contributed by atoms with Gasteiger partial charge in [0.2, 0.25) is 8.32 Å². The van der Waals surface area contributed by atoms with Gasteiger partial charge in [0, 0.05) is 6.42 Å². The molecule has 0 aliphatic heterocycles. The van der Waals surface area contributed by atoms with E-state index in [4.69, 9.17) is 13.9 Å². The minimum absolute atomic E-state index is 0.0282. The zero-order valence-electron chi connectivity index (χ0n) is 19.2. The minimum Gasteiger partial charge on any atom is -0.497 e. The van der Waals surface area contributed by atoms with Gasteiger partial charge in [-0.2, -0.15) is 0 Å². The molecule has 0 aliphatic rings. The highest BCUT2D eigenvalue weighted by Crippen LogP contribution is 2.43. The number of hydrogen-bond acceptors (Lipinski definition) is 3. The molecular formula is C24H40O3Si. The van der Waals surface area contributed by atoms with Gasteiger partial charge in [0.15, 0.2) is 0 Å². The highest BCUT2D eigenvalue weighted by atomic mass is 28.4. The fourth-order valence-electron chi connectivity index (χ4n) is 4.09. The fourth-order valence-corrected chi connectivity index (χ4v) is 9.63. The Morgan fingerprint density at radius 2 is 1.50 bits per heavy atom. The van der Waals surface area contributed by atoms with Crippen molar-refractivity contribution in [2.45, 2.75) is 90.6 Å². The van der Waals surface area contributed by atoms with Gasteiger partial charge in [-0.25, -0.2) is 0 Å². The van der Waals surface area contributed by atoms with Crippen molar-refractivity contribution in [3.05, 3.63) is 29.8 Å². The monoisotopic (exact) mass is 404 g/mol. The van der Waals surface area contributed by atoms with Gasteiger partial charge in [0.25, 0.3) is 0 Å². The van der Waals surface area contributed by atoms with E-state index in [1.807, 2.05) is 24.3 Å². The molecule has 0 aliphatic carbocycles. The first-order valence-electron chi connectivity index (χ1n) is 10.6. The van der Waals surface area contributed by atoms with Crippen LogP contribution in [0.25, 0.3) is 0 Å². The van der Waals surface area contributed by atoms with Crippen LogP contribution in [0.1, 0.15) is 66.9 Å². The molecule has 3 nitrogen and oxygen atoms in total. The number of methoxy groups -OCH3 is 1. The van der Waals surface area contributed by atoms with Crippen molar-refractivity contribution in [3.63, 3.8) is 0 Å². The molecule has 0 bridgehead atoms. The van der Waals surface area contributed by atoms with Crippen LogP contribution in [-0.2, 0) is 15.8 Å². The van der Waals surface area contributed by atoms with E-state index in [2.05, 4.69) is 60.3 Å². The van der Waals surface area contributed by atoms with Gasteiger partial charge in [0.1, 0.15) is 11.9 Å². The first-order chi connectivity index (χ1) is 13.3. The summed E-state index contributed by atoms with van der Waals surface area (Å²) < 4.78 is 17.7. The Morgan fingerprint density at radius 1 is 0.929 bits per heavy atom. The Labute approximate surface area is 174 Å². The molecule has 0 fully saturated rings. The van der Waals surface area contributed by atoms with Crippen LogP contribution in [0.5, 0.6) is 5.75 Å². The number of hydrogen-bond donors (Lipinski definition) is 0. The van der Waals surface area contributed by atoms with Gasteiger partial charge in [0.05, 0.1) is 20.3 Å². The Kier molecular flexibility index (Phi) is 10.9. The molecule has 28 heavy (non-hydrogen) atoms. The van der Waals surface area contributed by atoms with E-state index < -0.39 is 8.32 Å². The van der Waals surface area contributed by atoms with Crippen molar-refractivity contribution in [3.8, 4) is 17.6 Å². The Hall–Kier alpha value is -1.28. The fraction of sp³-hybridized carbons (Fsp3) is 0.667. The van der Waals surface area contributed by atoms with Crippen molar-refractivity contribution in [2.75, 3.05) is 13.7 Å². The number of ether oxygens (including phenoxy) is 2. The smallest absolute Gasteiger partial charge is 0.202 e. The van der Waals surface area contributed by atoms with Crippen molar-refractivity contribution in [1.82, 2.24) is 0 Å². The molecule has 1 atom stereocenters. The van der Waals surface area contributed by atoms with Gasteiger partial charge in [-0.05, 0) is 40.7 Å². The highest BCUT2D eigenvalue weighted by Gasteiger charge is 2.46. The molecule has 0 heterocycles. The SMILES string of the molecule is CCC(C#CCCOCc1ccc(OC)cc1)O[Si](C(C)C)(C(C)C)C(C)C. The van der Waals surface area contributed by atoms with Crippen molar-refractivity contribution < 1.29 is 13.9 Å². The zero-order valence-corrected chi connectivity index (χ0v) is 20.2. The Morgan fingerprint density at radius 3 is 1.96 bits per heavy atom. The molecule has 0 spiro atoms. The average molecular weight is 405 g/mol. The molecule has 0 aromatic heterocycles. The van der Waals surface area contributed by atoms with E-state index in [-0.39, 0.29) is 6.10 Å². The maximum atomic E-state index is 6.78. The van der Waals surface area contributed by atoms with Crippen LogP contribution in [0.15, 0.2) is 24.3 Å². The van der Waals surface area contributed by atoms with E-state index in [0.717, 1.165) is 24.2 Å². The summed E-state index contributed by atoms with van der Waals surface area (Å²) in [7, 11) is -0.209. The van der Waals surface area contributed by atoms with Gasteiger partial charge in [-0.1, -0.05) is 72.4 Å². The number of rotatable bonds is 11. The third-order valence-corrected chi connectivity index (χ3v) is 11.6. The molecule has 0 radical (unpaired) electrons. The topological polar surface area (TPSA) is 27.7 Å². The molecule has 4 heteroatoms. The van der Waals surface area contributed by atoms with Crippen LogP contribution < -0.4 is 4.74 Å². The first kappa shape index (κ1) is 24.8. The second-order valence-corrected chi connectivity index (χ2v) is 13.7. The molecule has 158 valence electrons. The summed E-state index contributed by atoms with van der Waals surface area (Å²) in [4.78, 5) is 0. The summed E-state index contributed by atoms with van der Waals surface area (Å²) in [6.07, 6.45) is 1.69. The highest BCUT2D eigenvalue weighted by molar-refractivity contribution is 6.77. The van der Waals surface area contributed by atoms with Gasteiger partial charge < -0.3 is 13.9 Å². The predicted octanol–water partition coefficient (Wildman–Crippen LogP) is 6.58. The van der Waals surface area contributed by atoms with Crippen LogP contribution in [0.2, 0.25) is 16.6 Å². The normalized spacial score (nSPS) is 13.0. The molecule has 0 N–H and O–H groups in total. The summed E-state index contributed by atoms with van der Waals surface area (Å²) in [6.45, 7) is 17.3. The van der Waals surface area contributed by atoms with Crippen LogP contribution in [0.3, 0.4) is 0 Å². The molecule has 1 unspecified atom stereocenters. The van der Waals surface area contributed by atoms with E-state index in [0.29, 0.717) is 29.8 Å².